The Balaban J connectivity index is 2.26. The quantitative estimate of drug-likeness (QED) is 0.637. The number of carbonyl (C=O) groups excluding carboxylic acids is 2. The van der Waals surface area contributed by atoms with Gasteiger partial charge in [0.1, 0.15) is 0 Å². The van der Waals surface area contributed by atoms with E-state index in [1.807, 2.05) is 6.92 Å². The van der Waals surface area contributed by atoms with Gasteiger partial charge in [0, 0.05) is 26.6 Å². The van der Waals surface area contributed by atoms with E-state index >= 15 is 0 Å². The predicted molar refractivity (Wildman–Crippen MR) is 57.3 cm³/mol. The van der Waals surface area contributed by atoms with Crippen LogP contribution in [0.25, 0.3) is 0 Å². The second kappa shape index (κ2) is 5.70. The van der Waals surface area contributed by atoms with Gasteiger partial charge in [-0.1, -0.05) is 6.92 Å². The van der Waals surface area contributed by atoms with E-state index in [1.54, 1.807) is 4.90 Å². The third-order valence-corrected chi connectivity index (χ3v) is 2.50. The maximum atomic E-state index is 11.7. The first-order chi connectivity index (χ1) is 7.15. The first-order valence-corrected chi connectivity index (χ1v) is 5.41. The summed E-state index contributed by atoms with van der Waals surface area (Å²) in [5.74, 6) is 0.104. The van der Waals surface area contributed by atoms with E-state index < -0.39 is 0 Å². The number of likely N-dealkylation sites (N-methyl/N-ethyl adjacent to an activating group) is 1. The first kappa shape index (κ1) is 12.0. The highest BCUT2D eigenvalue weighted by Gasteiger charge is 2.30. The van der Waals surface area contributed by atoms with Crippen molar-refractivity contribution in [1.29, 1.82) is 0 Å². The van der Waals surface area contributed by atoms with Gasteiger partial charge in [-0.05, 0) is 13.0 Å². The van der Waals surface area contributed by atoms with Crippen LogP contribution < -0.4 is 10.6 Å². The van der Waals surface area contributed by atoms with Gasteiger partial charge in [-0.25, -0.2) is 0 Å². The Hall–Kier alpha value is -1.10. The standard InChI is InChI=1S/C10H19N3O2/c1-3-11-9-4-6-13(10(9)15)7-5-12-8(2)14/h9,11H,3-7H2,1-2H3,(H,12,14). The molecule has 1 heterocycles. The summed E-state index contributed by atoms with van der Waals surface area (Å²) < 4.78 is 0. The summed E-state index contributed by atoms with van der Waals surface area (Å²) in [6, 6.07) is -0.0210. The normalized spacial score (nSPS) is 20.8. The fourth-order valence-corrected chi connectivity index (χ4v) is 1.76. The molecule has 0 aromatic heterocycles. The molecule has 2 N–H and O–H groups in total. The second-order valence-electron chi connectivity index (χ2n) is 3.71. The van der Waals surface area contributed by atoms with Crippen LogP contribution in [0, 0.1) is 0 Å². The van der Waals surface area contributed by atoms with E-state index in [2.05, 4.69) is 10.6 Å². The summed E-state index contributed by atoms with van der Waals surface area (Å²) in [6.07, 6.45) is 0.868. The molecule has 0 aromatic rings. The van der Waals surface area contributed by atoms with Crippen LogP contribution in [0.4, 0.5) is 0 Å². The summed E-state index contributed by atoms with van der Waals surface area (Å²) >= 11 is 0. The number of nitrogens with one attached hydrogen (secondary N) is 2. The van der Waals surface area contributed by atoms with Gasteiger partial charge in [-0.2, -0.15) is 0 Å². The van der Waals surface area contributed by atoms with E-state index in [9.17, 15) is 9.59 Å². The number of hydrogen-bond donors (Lipinski definition) is 2. The highest BCUT2D eigenvalue weighted by atomic mass is 16.2. The average Bonchev–Trinajstić information content (AvgIpc) is 2.50. The lowest BCUT2D eigenvalue weighted by Gasteiger charge is -2.16. The minimum Gasteiger partial charge on any atom is -0.355 e. The largest absolute Gasteiger partial charge is 0.355 e. The maximum absolute atomic E-state index is 11.7. The van der Waals surface area contributed by atoms with Crippen molar-refractivity contribution >= 4 is 11.8 Å². The Kier molecular flexibility index (Phi) is 4.55. The summed E-state index contributed by atoms with van der Waals surface area (Å²) in [4.78, 5) is 24.2. The zero-order valence-electron chi connectivity index (χ0n) is 9.38. The summed E-state index contributed by atoms with van der Waals surface area (Å²) in [7, 11) is 0. The Bertz CT molecular complexity index is 243. The van der Waals surface area contributed by atoms with Crippen molar-refractivity contribution in [2.45, 2.75) is 26.3 Å². The molecule has 86 valence electrons. The number of rotatable bonds is 5. The molecule has 0 radical (unpaired) electrons. The van der Waals surface area contributed by atoms with Gasteiger partial charge in [0.25, 0.3) is 0 Å². The lowest BCUT2D eigenvalue weighted by atomic mass is 10.2. The fraction of sp³-hybridized carbons (Fsp3) is 0.800. The van der Waals surface area contributed by atoms with Gasteiger partial charge >= 0.3 is 0 Å². The fourth-order valence-electron chi connectivity index (χ4n) is 1.76. The SMILES string of the molecule is CCNC1CCN(CCNC(C)=O)C1=O. The van der Waals surface area contributed by atoms with E-state index in [1.165, 1.54) is 6.92 Å². The molecular formula is C10H19N3O2. The Morgan fingerprint density at radius 2 is 2.33 bits per heavy atom. The van der Waals surface area contributed by atoms with E-state index in [-0.39, 0.29) is 17.9 Å². The van der Waals surface area contributed by atoms with Crippen LogP contribution in [0.1, 0.15) is 20.3 Å². The topological polar surface area (TPSA) is 61.4 Å². The Labute approximate surface area is 90.2 Å². The third-order valence-electron chi connectivity index (χ3n) is 2.50. The summed E-state index contributed by atoms with van der Waals surface area (Å²) in [6.45, 7) is 6.23. The molecule has 0 spiro atoms. The van der Waals surface area contributed by atoms with Gasteiger partial charge in [-0.15, -0.1) is 0 Å². The Morgan fingerprint density at radius 3 is 2.93 bits per heavy atom. The van der Waals surface area contributed by atoms with Crippen LogP contribution >= 0.6 is 0 Å². The van der Waals surface area contributed by atoms with Crippen molar-refractivity contribution in [2.24, 2.45) is 0 Å². The highest BCUT2D eigenvalue weighted by molar-refractivity contribution is 5.84. The zero-order valence-corrected chi connectivity index (χ0v) is 9.38. The number of likely N-dealkylation sites (tertiary alicyclic amines) is 1. The number of nitrogens with zero attached hydrogens (tertiary/aromatic N) is 1. The van der Waals surface area contributed by atoms with Crippen LogP contribution in [-0.2, 0) is 9.59 Å². The molecule has 5 heteroatoms. The second-order valence-corrected chi connectivity index (χ2v) is 3.71. The van der Waals surface area contributed by atoms with Crippen LogP contribution in [0.5, 0.6) is 0 Å². The van der Waals surface area contributed by atoms with Gasteiger partial charge in [0.2, 0.25) is 11.8 Å². The molecule has 0 aliphatic carbocycles. The van der Waals surface area contributed by atoms with Gasteiger partial charge in [-0.3, -0.25) is 9.59 Å². The van der Waals surface area contributed by atoms with Gasteiger partial charge in [0.05, 0.1) is 6.04 Å². The number of carbonyl (C=O) groups is 2. The maximum Gasteiger partial charge on any atom is 0.239 e. The molecule has 1 aliphatic rings. The smallest absolute Gasteiger partial charge is 0.239 e. The van der Waals surface area contributed by atoms with Crippen LogP contribution in [-0.4, -0.2) is 48.9 Å². The molecule has 15 heavy (non-hydrogen) atoms. The molecule has 0 saturated carbocycles. The van der Waals surface area contributed by atoms with Crippen molar-refractivity contribution in [3.8, 4) is 0 Å². The summed E-state index contributed by atoms with van der Waals surface area (Å²) in [5, 5.41) is 5.83. The van der Waals surface area contributed by atoms with Crippen molar-refractivity contribution in [3.63, 3.8) is 0 Å². The van der Waals surface area contributed by atoms with Crippen molar-refractivity contribution in [2.75, 3.05) is 26.2 Å². The zero-order chi connectivity index (χ0) is 11.3. The van der Waals surface area contributed by atoms with E-state index in [0.29, 0.717) is 13.1 Å². The molecule has 0 aromatic carbocycles. The lowest BCUT2D eigenvalue weighted by Crippen LogP contribution is -2.40. The molecule has 1 atom stereocenters. The lowest BCUT2D eigenvalue weighted by molar-refractivity contribution is -0.129. The first-order valence-electron chi connectivity index (χ1n) is 5.41. The van der Waals surface area contributed by atoms with E-state index in [4.69, 9.17) is 0 Å². The van der Waals surface area contributed by atoms with Crippen LogP contribution in [0.3, 0.4) is 0 Å². The molecule has 1 aliphatic heterocycles. The number of amides is 2. The predicted octanol–water partition coefficient (Wildman–Crippen LogP) is -0.667. The monoisotopic (exact) mass is 213 g/mol. The molecular weight excluding hydrogens is 194 g/mol. The van der Waals surface area contributed by atoms with Crippen molar-refractivity contribution in [1.82, 2.24) is 15.5 Å². The summed E-state index contributed by atoms with van der Waals surface area (Å²) in [5.41, 5.74) is 0. The molecule has 1 fully saturated rings. The van der Waals surface area contributed by atoms with Gasteiger partial charge in [0.15, 0.2) is 0 Å². The molecule has 5 nitrogen and oxygen atoms in total. The molecule has 1 unspecified atom stereocenters. The van der Waals surface area contributed by atoms with Crippen molar-refractivity contribution in [3.05, 3.63) is 0 Å². The van der Waals surface area contributed by atoms with E-state index in [0.717, 1.165) is 19.5 Å². The van der Waals surface area contributed by atoms with Crippen LogP contribution in [0.2, 0.25) is 0 Å². The molecule has 1 saturated heterocycles. The highest BCUT2D eigenvalue weighted by Crippen LogP contribution is 2.09. The van der Waals surface area contributed by atoms with Crippen molar-refractivity contribution < 1.29 is 9.59 Å². The molecule has 1 rings (SSSR count). The van der Waals surface area contributed by atoms with Gasteiger partial charge < -0.3 is 15.5 Å². The minimum atomic E-state index is -0.0510. The third kappa shape index (κ3) is 3.51. The Morgan fingerprint density at radius 1 is 1.60 bits per heavy atom. The average molecular weight is 213 g/mol. The van der Waals surface area contributed by atoms with Crippen LogP contribution in [0.15, 0.2) is 0 Å². The molecule has 2 amide bonds. The number of hydrogen-bond acceptors (Lipinski definition) is 3. The molecule has 0 bridgehead atoms. The minimum absolute atomic E-state index is 0.0210.